The summed E-state index contributed by atoms with van der Waals surface area (Å²) >= 11 is 0. The largest absolute Gasteiger partial charge is 0.397 e. The molecule has 142 valence electrons. The van der Waals surface area contributed by atoms with Gasteiger partial charge in [-0.15, -0.1) is 0 Å². The molecule has 5 nitrogen and oxygen atoms in total. The van der Waals surface area contributed by atoms with Gasteiger partial charge in [-0.05, 0) is 25.7 Å². The fourth-order valence-electron chi connectivity index (χ4n) is 3.95. The number of halogens is 3. The van der Waals surface area contributed by atoms with Crippen LogP contribution in [0.4, 0.5) is 13.2 Å². The smallest absolute Gasteiger partial charge is 0.340 e. The highest BCUT2D eigenvalue weighted by molar-refractivity contribution is 5.79. The highest BCUT2D eigenvalue weighted by Crippen LogP contribution is 2.34. The molecule has 3 aliphatic rings. The molecule has 8 heteroatoms. The zero-order valence-electron chi connectivity index (χ0n) is 14.4. The summed E-state index contributed by atoms with van der Waals surface area (Å²) in [6.07, 6.45) is 0.843. The van der Waals surface area contributed by atoms with Crippen molar-refractivity contribution in [3.63, 3.8) is 0 Å². The monoisotopic (exact) mass is 361 g/mol. The van der Waals surface area contributed by atoms with Gasteiger partial charge >= 0.3 is 6.18 Å². The van der Waals surface area contributed by atoms with Gasteiger partial charge in [-0.2, -0.15) is 13.2 Å². The number of hydrogen-bond donors (Lipinski definition) is 0. The molecule has 0 aromatic rings. The van der Waals surface area contributed by atoms with E-state index in [0.717, 1.165) is 25.7 Å². The fraction of sp³-hybridized carbons (Fsp3) is 0.882. The molecule has 0 radical (unpaired) electrons. The van der Waals surface area contributed by atoms with Gasteiger partial charge in [0, 0.05) is 38.3 Å². The van der Waals surface area contributed by atoms with Crippen LogP contribution in [0.25, 0.3) is 0 Å². The summed E-state index contributed by atoms with van der Waals surface area (Å²) < 4.78 is 37.0. The Labute approximate surface area is 146 Å². The molecule has 0 spiro atoms. The number of carbonyl (C=O) groups excluding carboxylic acids is 2. The van der Waals surface area contributed by atoms with Gasteiger partial charge in [-0.3, -0.25) is 14.5 Å². The lowest BCUT2D eigenvalue weighted by Crippen LogP contribution is -2.53. The molecule has 0 atom stereocenters. The van der Waals surface area contributed by atoms with Crippen molar-refractivity contribution in [3.05, 3.63) is 0 Å². The van der Waals surface area contributed by atoms with Crippen molar-refractivity contribution in [1.29, 1.82) is 0 Å². The highest BCUT2D eigenvalue weighted by Gasteiger charge is 2.39. The quantitative estimate of drug-likeness (QED) is 0.753. The summed E-state index contributed by atoms with van der Waals surface area (Å²) in [5, 5.41) is 0. The van der Waals surface area contributed by atoms with Crippen LogP contribution in [-0.4, -0.2) is 77.5 Å². The van der Waals surface area contributed by atoms with E-state index in [0.29, 0.717) is 31.7 Å². The molecule has 3 fully saturated rings. The number of nitrogens with zero attached hydrogens (tertiary/aromatic N) is 3. The van der Waals surface area contributed by atoms with Crippen LogP contribution in [0.15, 0.2) is 0 Å². The summed E-state index contributed by atoms with van der Waals surface area (Å²) in [5.41, 5.74) is 0. The zero-order chi connectivity index (χ0) is 18.0. The van der Waals surface area contributed by atoms with Crippen LogP contribution in [-0.2, 0) is 9.59 Å². The molecule has 0 bridgehead atoms. The first-order valence-electron chi connectivity index (χ1n) is 9.21. The Bertz CT molecular complexity index is 494. The summed E-state index contributed by atoms with van der Waals surface area (Å²) in [7, 11) is 0. The summed E-state index contributed by atoms with van der Waals surface area (Å²) in [6.45, 7) is 1.75. The molecule has 2 saturated carbocycles. The van der Waals surface area contributed by atoms with Gasteiger partial charge in [0.1, 0.15) is 6.42 Å². The van der Waals surface area contributed by atoms with E-state index in [-0.39, 0.29) is 19.0 Å². The van der Waals surface area contributed by atoms with Crippen LogP contribution in [0.1, 0.15) is 44.9 Å². The highest BCUT2D eigenvalue weighted by atomic mass is 19.4. The maximum absolute atomic E-state index is 12.7. The lowest BCUT2D eigenvalue weighted by atomic mass is 10.2. The van der Waals surface area contributed by atoms with Crippen molar-refractivity contribution in [1.82, 2.24) is 14.7 Å². The normalized spacial score (nSPS) is 23.1. The predicted molar refractivity (Wildman–Crippen MR) is 85.8 cm³/mol. The fourth-order valence-corrected chi connectivity index (χ4v) is 3.95. The van der Waals surface area contributed by atoms with Crippen molar-refractivity contribution in [2.45, 2.75) is 63.2 Å². The molecule has 3 rings (SSSR count). The van der Waals surface area contributed by atoms with E-state index < -0.39 is 18.5 Å². The molecule has 1 saturated heterocycles. The Hall–Kier alpha value is -1.31. The average Bonchev–Trinajstić information content (AvgIpc) is 3.20. The summed E-state index contributed by atoms with van der Waals surface area (Å²) in [5.74, 6) is -0.728. The Balaban J connectivity index is 1.46. The lowest BCUT2D eigenvalue weighted by molar-refractivity contribution is -0.162. The standard InChI is InChI=1S/C17H26F3N3O2/c18-17(19,20)11-15(24)22-9-7-21(8-10-22)12-16(25)23(14-5-6-14)13-3-1-2-4-13/h13-14H,1-12H2. The van der Waals surface area contributed by atoms with Gasteiger partial charge in [-0.25, -0.2) is 0 Å². The number of alkyl halides is 3. The van der Waals surface area contributed by atoms with E-state index in [1.54, 1.807) is 0 Å². The van der Waals surface area contributed by atoms with Gasteiger partial charge in [0.15, 0.2) is 0 Å². The zero-order valence-corrected chi connectivity index (χ0v) is 14.4. The number of carbonyl (C=O) groups is 2. The number of rotatable bonds is 5. The molecule has 2 amide bonds. The third kappa shape index (κ3) is 5.09. The van der Waals surface area contributed by atoms with Gasteiger partial charge < -0.3 is 9.80 Å². The van der Waals surface area contributed by atoms with Gasteiger partial charge in [0.25, 0.3) is 0 Å². The van der Waals surface area contributed by atoms with Crippen molar-refractivity contribution in [2.24, 2.45) is 0 Å². The molecule has 1 heterocycles. The van der Waals surface area contributed by atoms with E-state index in [1.807, 2.05) is 4.90 Å². The van der Waals surface area contributed by atoms with Crippen LogP contribution in [0.3, 0.4) is 0 Å². The predicted octanol–water partition coefficient (Wildman–Crippen LogP) is 2.02. The molecule has 0 N–H and O–H groups in total. The van der Waals surface area contributed by atoms with Crippen LogP contribution < -0.4 is 0 Å². The average molecular weight is 361 g/mol. The Morgan fingerprint density at radius 2 is 1.48 bits per heavy atom. The minimum atomic E-state index is -4.46. The molecule has 0 aromatic heterocycles. The minimum absolute atomic E-state index is 0.143. The number of piperazine rings is 1. The molecule has 25 heavy (non-hydrogen) atoms. The first-order chi connectivity index (χ1) is 11.8. The van der Waals surface area contributed by atoms with Gasteiger partial charge in [-0.1, -0.05) is 12.8 Å². The molecular weight excluding hydrogens is 335 g/mol. The Kier molecular flexibility index (Phi) is 5.55. The van der Waals surface area contributed by atoms with E-state index in [9.17, 15) is 22.8 Å². The maximum Gasteiger partial charge on any atom is 0.397 e. The van der Waals surface area contributed by atoms with Crippen LogP contribution >= 0.6 is 0 Å². The minimum Gasteiger partial charge on any atom is -0.340 e. The van der Waals surface area contributed by atoms with Crippen molar-refractivity contribution >= 4 is 11.8 Å². The third-order valence-electron chi connectivity index (χ3n) is 5.38. The molecule has 2 aliphatic carbocycles. The van der Waals surface area contributed by atoms with Crippen molar-refractivity contribution < 1.29 is 22.8 Å². The first kappa shape index (κ1) is 18.5. The SMILES string of the molecule is O=C(CC(F)(F)F)N1CCN(CC(=O)N(C2CCCC2)C2CC2)CC1. The molecule has 1 aliphatic heterocycles. The van der Waals surface area contributed by atoms with Crippen molar-refractivity contribution in [3.8, 4) is 0 Å². The number of amides is 2. The van der Waals surface area contributed by atoms with E-state index in [2.05, 4.69) is 4.90 Å². The van der Waals surface area contributed by atoms with Gasteiger partial charge in [0.05, 0.1) is 6.54 Å². The van der Waals surface area contributed by atoms with Crippen LogP contribution in [0, 0.1) is 0 Å². The van der Waals surface area contributed by atoms with Gasteiger partial charge in [0.2, 0.25) is 11.8 Å². The van der Waals surface area contributed by atoms with E-state index in [4.69, 9.17) is 0 Å². The second-order valence-corrected chi connectivity index (χ2v) is 7.42. The molecule has 0 aromatic carbocycles. The molecule has 0 unspecified atom stereocenters. The Morgan fingerprint density at radius 1 is 0.920 bits per heavy atom. The van der Waals surface area contributed by atoms with Crippen molar-refractivity contribution in [2.75, 3.05) is 32.7 Å². The molecular formula is C17H26F3N3O2. The van der Waals surface area contributed by atoms with Crippen LogP contribution in [0.2, 0.25) is 0 Å². The summed E-state index contributed by atoms with van der Waals surface area (Å²) in [6, 6.07) is 0.764. The summed E-state index contributed by atoms with van der Waals surface area (Å²) in [4.78, 5) is 29.7. The second-order valence-electron chi connectivity index (χ2n) is 7.42. The van der Waals surface area contributed by atoms with E-state index >= 15 is 0 Å². The first-order valence-corrected chi connectivity index (χ1v) is 9.21. The van der Waals surface area contributed by atoms with E-state index in [1.165, 1.54) is 17.7 Å². The number of hydrogen-bond acceptors (Lipinski definition) is 3. The second kappa shape index (κ2) is 7.51. The Morgan fingerprint density at radius 3 is 2.00 bits per heavy atom. The maximum atomic E-state index is 12.7. The lowest BCUT2D eigenvalue weighted by Gasteiger charge is -2.36. The topological polar surface area (TPSA) is 43.9 Å². The van der Waals surface area contributed by atoms with Crippen LogP contribution in [0.5, 0.6) is 0 Å². The third-order valence-corrected chi connectivity index (χ3v) is 5.38.